The van der Waals surface area contributed by atoms with Crippen molar-refractivity contribution in [3.8, 4) is 78.4 Å². The summed E-state index contributed by atoms with van der Waals surface area (Å²) in [5.41, 5.74) is 21.6. The number of fused-ring (bicyclic) bond motifs is 8. The molecular formula is C55H44N2. The van der Waals surface area contributed by atoms with Crippen LogP contribution in [0.15, 0.2) is 170 Å². The summed E-state index contributed by atoms with van der Waals surface area (Å²) in [4.78, 5) is 10.2. The Bertz CT molecular complexity index is 2810. The molecule has 1 heterocycles. The lowest BCUT2D eigenvalue weighted by molar-refractivity contribution is 0.353. The number of hydrogen-bond donors (Lipinski definition) is 0. The smallest absolute Gasteiger partial charge is 0.160 e. The summed E-state index contributed by atoms with van der Waals surface area (Å²) in [5, 5.41) is 0. The monoisotopic (exact) mass is 732 g/mol. The highest BCUT2D eigenvalue weighted by atomic mass is 14.9. The molecule has 57 heavy (non-hydrogen) atoms. The van der Waals surface area contributed by atoms with Crippen LogP contribution in [0.2, 0.25) is 0 Å². The van der Waals surface area contributed by atoms with Crippen molar-refractivity contribution >= 4 is 0 Å². The molecule has 274 valence electrons. The maximum Gasteiger partial charge on any atom is 0.160 e. The van der Waals surface area contributed by atoms with Gasteiger partial charge in [-0.1, -0.05) is 179 Å². The van der Waals surface area contributed by atoms with Gasteiger partial charge in [0.25, 0.3) is 0 Å². The quantitative estimate of drug-likeness (QED) is 0.176. The van der Waals surface area contributed by atoms with Crippen molar-refractivity contribution in [2.75, 3.05) is 0 Å². The normalized spacial score (nSPS) is 15.5. The summed E-state index contributed by atoms with van der Waals surface area (Å²) < 4.78 is 0. The zero-order valence-electron chi connectivity index (χ0n) is 32.6. The minimum atomic E-state index is -0.0671. The van der Waals surface area contributed by atoms with Crippen LogP contribution in [0, 0.1) is 0 Å². The van der Waals surface area contributed by atoms with Gasteiger partial charge in [-0.05, 0) is 104 Å². The average molecular weight is 733 g/mol. The van der Waals surface area contributed by atoms with Crippen molar-refractivity contribution in [1.82, 2.24) is 9.97 Å². The molecular weight excluding hydrogens is 689 g/mol. The predicted molar refractivity (Wildman–Crippen MR) is 236 cm³/mol. The molecule has 1 saturated carbocycles. The third-order valence-corrected chi connectivity index (χ3v) is 13.3. The van der Waals surface area contributed by atoms with E-state index >= 15 is 0 Å². The van der Waals surface area contributed by atoms with Crippen molar-refractivity contribution in [3.05, 3.63) is 192 Å². The number of nitrogens with zero attached hydrogens (tertiary/aromatic N) is 2. The standard InChI is InChI=1S/C55H44N2/c1-54(2)47-29-28-42(32-44(47)46-34-50-45(33-49(46)54)43-18-10-11-19-48(43)55(50)30-12-5-13-31-55)38-22-26-40(27-23-38)52-35-51(56-53(57-52)41-16-8-4-9-17-41)39-24-20-37(21-25-39)36-14-6-3-7-15-36/h3-4,6-11,14-29,32-35H,5,12-13,30-31H2,1-2H3. The second-order valence-electron chi connectivity index (χ2n) is 16.9. The molecule has 2 nitrogen and oxygen atoms in total. The van der Waals surface area contributed by atoms with Crippen LogP contribution in [-0.2, 0) is 10.8 Å². The molecule has 0 radical (unpaired) electrons. The lowest BCUT2D eigenvalue weighted by Crippen LogP contribution is -2.28. The minimum absolute atomic E-state index is 0.0671. The molecule has 0 amide bonds. The summed E-state index contributed by atoms with van der Waals surface area (Å²) in [6, 6.07) is 62.2. The molecule has 1 spiro atoms. The van der Waals surface area contributed by atoms with Gasteiger partial charge < -0.3 is 0 Å². The van der Waals surface area contributed by atoms with E-state index in [2.05, 4.69) is 166 Å². The van der Waals surface area contributed by atoms with Crippen LogP contribution in [0.1, 0.15) is 68.2 Å². The molecule has 1 aromatic heterocycles. The number of benzene rings is 7. The zero-order valence-corrected chi connectivity index (χ0v) is 32.6. The van der Waals surface area contributed by atoms with E-state index < -0.39 is 0 Å². The first kappa shape index (κ1) is 33.9. The van der Waals surface area contributed by atoms with Gasteiger partial charge in [-0.15, -0.1) is 0 Å². The van der Waals surface area contributed by atoms with Gasteiger partial charge >= 0.3 is 0 Å². The molecule has 0 aliphatic heterocycles. The van der Waals surface area contributed by atoms with Gasteiger partial charge in [0.05, 0.1) is 11.4 Å². The Kier molecular flexibility index (Phi) is 7.80. The number of hydrogen-bond acceptors (Lipinski definition) is 2. The molecule has 0 unspecified atom stereocenters. The molecule has 1 fully saturated rings. The highest BCUT2D eigenvalue weighted by Gasteiger charge is 2.46. The van der Waals surface area contributed by atoms with Crippen LogP contribution < -0.4 is 0 Å². The molecule has 11 rings (SSSR count). The average Bonchev–Trinajstić information content (AvgIpc) is 3.66. The Hall–Kier alpha value is -6.38. The second kappa shape index (κ2) is 13.1. The van der Waals surface area contributed by atoms with Gasteiger partial charge in [-0.2, -0.15) is 0 Å². The number of aromatic nitrogens is 2. The summed E-state index contributed by atoms with van der Waals surface area (Å²) in [7, 11) is 0. The summed E-state index contributed by atoms with van der Waals surface area (Å²) in [6.07, 6.45) is 6.45. The Morgan fingerprint density at radius 3 is 1.51 bits per heavy atom. The maximum absolute atomic E-state index is 5.12. The molecule has 0 saturated heterocycles. The van der Waals surface area contributed by atoms with E-state index in [0.29, 0.717) is 0 Å². The van der Waals surface area contributed by atoms with Crippen LogP contribution in [0.5, 0.6) is 0 Å². The van der Waals surface area contributed by atoms with E-state index in [9.17, 15) is 0 Å². The van der Waals surface area contributed by atoms with Crippen molar-refractivity contribution in [1.29, 1.82) is 0 Å². The third-order valence-electron chi connectivity index (χ3n) is 13.3. The molecule has 0 atom stereocenters. The van der Waals surface area contributed by atoms with E-state index in [0.717, 1.165) is 33.9 Å². The van der Waals surface area contributed by atoms with E-state index in [1.54, 1.807) is 11.1 Å². The summed E-state index contributed by atoms with van der Waals surface area (Å²) in [5.74, 6) is 0.726. The fourth-order valence-electron chi connectivity index (χ4n) is 10.3. The maximum atomic E-state index is 5.12. The van der Waals surface area contributed by atoms with Gasteiger partial charge in [0.2, 0.25) is 0 Å². The number of rotatable bonds is 5. The highest BCUT2D eigenvalue weighted by Crippen LogP contribution is 2.60. The zero-order chi connectivity index (χ0) is 38.1. The van der Waals surface area contributed by atoms with E-state index in [4.69, 9.17) is 9.97 Å². The molecule has 2 heteroatoms. The van der Waals surface area contributed by atoms with E-state index in [1.165, 1.54) is 87.7 Å². The van der Waals surface area contributed by atoms with Crippen molar-refractivity contribution in [2.45, 2.75) is 56.8 Å². The van der Waals surface area contributed by atoms with Crippen molar-refractivity contribution in [2.24, 2.45) is 0 Å². The Balaban J connectivity index is 0.961. The van der Waals surface area contributed by atoms with Crippen molar-refractivity contribution < 1.29 is 0 Å². The second-order valence-corrected chi connectivity index (χ2v) is 16.9. The first-order valence-electron chi connectivity index (χ1n) is 20.6. The summed E-state index contributed by atoms with van der Waals surface area (Å²) >= 11 is 0. The molecule has 3 aliphatic rings. The molecule has 0 N–H and O–H groups in total. The fourth-order valence-corrected chi connectivity index (χ4v) is 10.3. The Labute approximate surface area is 336 Å². The first-order chi connectivity index (χ1) is 28.0. The predicted octanol–water partition coefficient (Wildman–Crippen LogP) is 14.3. The van der Waals surface area contributed by atoms with Crippen molar-refractivity contribution in [3.63, 3.8) is 0 Å². The SMILES string of the molecule is CC1(C)c2ccc(-c3ccc(-c4cc(-c5ccc(-c6ccccc6)cc5)nc(-c5ccccc5)n4)cc3)cc2-c2cc3c(cc21)-c1ccccc1C31CCCCC1. The topological polar surface area (TPSA) is 25.8 Å². The minimum Gasteiger partial charge on any atom is -0.228 e. The Morgan fingerprint density at radius 2 is 0.842 bits per heavy atom. The summed E-state index contributed by atoms with van der Waals surface area (Å²) in [6.45, 7) is 4.82. The highest BCUT2D eigenvalue weighted by molar-refractivity contribution is 5.91. The van der Waals surface area contributed by atoms with Crippen LogP contribution in [0.3, 0.4) is 0 Å². The Morgan fingerprint density at radius 1 is 0.351 bits per heavy atom. The molecule has 0 bridgehead atoms. The first-order valence-corrected chi connectivity index (χ1v) is 20.6. The molecule has 8 aromatic rings. The van der Waals surface area contributed by atoms with Gasteiger partial charge in [0.15, 0.2) is 5.82 Å². The van der Waals surface area contributed by atoms with Crippen LogP contribution in [-0.4, -0.2) is 9.97 Å². The van der Waals surface area contributed by atoms with Crippen LogP contribution >= 0.6 is 0 Å². The van der Waals surface area contributed by atoms with E-state index in [-0.39, 0.29) is 10.8 Å². The van der Waals surface area contributed by atoms with Gasteiger partial charge in [-0.25, -0.2) is 9.97 Å². The molecule has 7 aromatic carbocycles. The van der Waals surface area contributed by atoms with Crippen LogP contribution in [0.25, 0.3) is 78.4 Å². The fraction of sp³-hybridized carbons (Fsp3) is 0.164. The lowest BCUT2D eigenvalue weighted by Gasteiger charge is -2.36. The third kappa shape index (κ3) is 5.46. The lowest BCUT2D eigenvalue weighted by atomic mass is 9.67. The van der Waals surface area contributed by atoms with E-state index in [1.807, 2.05) is 18.2 Å². The largest absolute Gasteiger partial charge is 0.228 e. The van der Waals surface area contributed by atoms with Gasteiger partial charge in [-0.3, -0.25) is 0 Å². The van der Waals surface area contributed by atoms with Gasteiger partial charge in [0, 0.05) is 27.5 Å². The van der Waals surface area contributed by atoms with Crippen LogP contribution in [0.4, 0.5) is 0 Å². The molecule has 3 aliphatic carbocycles. The van der Waals surface area contributed by atoms with Gasteiger partial charge in [0.1, 0.15) is 0 Å².